The molecule has 2 aliphatic heterocycles. The van der Waals surface area contributed by atoms with E-state index in [0.717, 1.165) is 60.4 Å². The Bertz CT molecular complexity index is 1100. The zero-order valence-electron chi connectivity index (χ0n) is 17.4. The van der Waals surface area contributed by atoms with Crippen molar-refractivity contribution >= 4 is 23.2 Å². The SMILES string of the molecule is Cn1cc(-c2ccc(-c3cncc(Cl)c3N3CCC4(CC3)NCCNC4=O)cc2)cn1. The number of rotatable bonds is 3. The number of pyridine rings is 1. The highest BCUT2D eigenvalue weighted by atomic mass is 35.5. The van der Waals surface area contributed by atoms with Gasteiger partial charge < -0.3 is 15.5 Å². The van der Waals surface area contributed by atoms with Crippen LogP contribution in [0.5, 0.6) is 0 Å². The summed E-state index contributed by atoms with van der Waals surface area (Å²) in [6, 6.07) is 8.39. The number of anilines is 1. The van der Waals surface area contributed by atoms with E-state index in [0.29, 0.717) is 11.6 Å². The molecule has 3 aromatic rings. The molecule has 1 spiro atoms. The monoisotopic (exact) mass is 436 g/mol. The highest BCUT2D eigenvalue weighted by Gasteiger charge is 2.43. The molecule has 160 valence electrons. The summed E-state index contributed by atoms with van der Waals surface area (Å²) in [5.74, 6) is 0.116. The molecule has 0 bridgehead atoms. The van der Waals surface area contributed by atoms with Crippen molar-refractivity contribution in [2.45, 2.75) is 18.4 Å². The number of halogens is 1. The maximum atomic E-state index is 12.5. The van der Waals surface area contributed by atoms with Crippen molar-refractivity contribution < 1.29 is 4.79 Å². The molecular formula is C23H25ClN6O. The van der Waals surface area contributed by atoms with Crippen molar-refractivity contribution in [1.82, 2.24) is 25.4 Å². The fourth-order valence-electron chi connectivity index (χ4n) is 4.62. The van der Waals surface area contributed by atoms with Gasteiger partial charge in [-0.05, 0) is 24.0 Å². The summed E-state index contributed by atoms with van der Waals surface area (Å²) in [7, 11) is 1.91. The Balaban J connectivity index is 1.42. The molecule has 0 unspecified atom stereocenters. The Kier molecular flexibility index (Phi) is 5.16. The summed E-state index contributed by atoms with van der Waals surface area (Å²) in [5, 5.41) is 11.3. The normalized spacial score (nSPS) is 18.3. The zero-order valence-corrected chi connectivity index (χ0v) is 18.2. The lowest BCUT2D eigenvalue weighted by atomic mass is 9.84. The van der Waals surface area contributed by atoms with Crippen molar-refractivity contribution in [3.05, 3.63) is 54.1 Å². The number of hydrogen-bond acceptors (Lipinski definition) is 5. The summed E-state index contributed by atoms with van der Waals surface area (Å²) in [6.07, 6.45) is 8.92. The number of carbonyl (C=O) groups excluding carboxylic acids is 1. The predicted octanol–water partition coefficient (Wildman–Crippen LogP) is 2.86. The minimum Gasteiger partial charge on any atom is -0.370 e. The average molecular weight is 437 g/mol. The van der Waals surface area contributed by atoms with E-state index in [-0.39, 0.29) is 5.91 Å². The zero-order chi connectivity index (χ0) is 21.4. The summed E-state index contributed by atoms with van der Waals surface area (Å²) in [5.41, 5.74) is 4.78. The number of nitrogens with one attached hydrogen (secondary N) is 2. The lowest BCUT2D eigenvalue weighted by Gasteiger charge is -2.44. The minimum atomic E-state index is -0.459. The Morgan fingerprint density at radius 2 is 1.74 bits per heavy atom. The summed E-state index contributed by atoms with van der Waals surface area (Å²) >= 11 is 6.64. The molecule has 7 nitrogen and oxygen atoms in total. The van der Waals surface area contributed by atoms with Crippen LogP contribution < -0.4 is 15.5 Å². The van der Waals surface area contributed by atoms with Crippen LogP contribution in [0.15, 0.2) is 49.1 Å². The summed E-state index contributed by atoms with van der Waals surface area (Å²) < 4.78 is 1.80. The van der Waals surface area contributed by atoms with Crippen LogP contribution in [0.1, 0.15) is 12.8 Å². The third kappa shape index (κ3) is 3.68. The first-order valence-corrected chi connectivity index (χ1v) is 10.9. The van der Waals surface area contributed by atoms with E-state index in [1.807, 2.05) is 25.6 Å². The smallest absolute Gasteiger partial charge is 0.240 e. The van der Waals surface area contributed by atoms with Gasteiger partial charge in [-0.15, -0.1) is 0 Å². The van der Waals surface area contributed by atoms with E-state index in [1.54, 1.807) is 10.9 Å². The van der Waals surface area contributed by atoms with Crippen LogP contribution in [0.4, 0.5) is 5.69 Å². The molecule has 2 fully saturated rings. The predicted molar refractivity (Wildman–Crippen MR) is 122 cm³/mol. The third-order valence-corrected chi connectivity index (χ3v) is 6.63. The van der Waals surface area contributed by atoms with E-state index in [4.69, 9.17) is 11.6 Å². The molecule has 5 rings (SSSR count). The van der Waals surface area contributed by atoms with Crippen LogP contribution in [-0.2, 0) is 11.8 Å². The largest absolute Gasteiger partial charge is 0.370 e. The first-order valence-electron chi connectivity index (χ1n) is 10.6. The summed E-state index contributed by atoms with van der Waals surface area (Å²) in [6.45, 7) is 3.02. The highest BCUT2D eigenvalue weighted by Crippen LogP contribution is 2.39. The Hall–Kier alpha value is -2.90. The molecule has 1 aromatic carbocycles. The van der Waals surface area contributed by atoms with Crippen LogP contribution in [-0.4, -0.2) is 52.4 Å². The van der Waals surface area contributed by atoms with Crippen LogP contribution in [0.2, 0.25) is 5.02 Å². The summed E-state index contributed by atoms with van der Waals surface area (Å²) in [4.78, 5) is 19.1. The van der Waals surface area contributed by atoms with Gasteiger partial charge in [-0.3, -0.25) is 14.5 Å². The Morgan fingerprint density at radius 3 is 2.42 bits per heavy atom. The van der Waals surface area contributed by atoms with Gasteiger partial charge in [-0.25, -0.2) is 0 Å². The standard InChI is InChI=1S/C23H25ClN6O/c1-29-15-18(12-28-29)16-2-4-17(5-3-16)19-13-25-14-20(24)21(19)30-10-6-23(7-11-30)22(31)26-8-9-27-23/h2-5,12-15,27H,6-11H2,1H3,(H,26,31). The molecule has 2 aliphatic rings. The van der Waals surface area contributed by atoms with Gasteiger partial charge in [0, 0.05) is 62.9 Å². The van der Waals surface area contributed by atoms with Crippen LogP contribution >= 0.6 is 11.6 Å². The molecule has 4 heterocycles. The first kappa shape index (κ1) is 20.0. The van der Waals surface area contributed by atoms with Crippen LogP contribution in [0.3, 0.4) is 0 Å². The third-order valence-electron chi connectivity index (χ3n) is 6.35. The molecule has 0 atom stereocenters. The molecule has 0 saturated carbocycles. The van der Waals surface area contributed by atoms with Crippen molar-refractivity contribution in [2.24, 2.45) is 7.05 Å². The number of piperidine rings is 1. The number of hydrogen-bond donors (Lipinski definition) is 2. The molecular weight excluding hydrogens is 412 g/mol. The molecule has 2 aromatic heterocycles. The van der Waals surface area contributed by atoms with Gasteiger partial charge in [0.15, 0.2) is 0 Å². The molecule has 0 aliphatic carbocycles. The Morgan fingerprint density at radius 1 is 1.00 bits per heavy atom. The van der Waals surface area contributed by atoms with Crippen molar-refractivity contribution in [1.29, 1.82) is 0 Å². The number of nitrogens with zero attached hydrogens (tertiary/aromatic N) is 4. The van der Waals surface area contributed by atoms with Gasteiger partial charge in [0.2, 0.25) is 5.91 Å². The van der Waals surface area contributed by atoms with Gasteiger partial charge in [0.25, 0.3) is 0 Å². The van der Waals surface area contributed by atoms with E-state index in [1.165, 1.54) is 0 Å². The van der Waals surface area contributed by atoms with Gasteiger partial charge in [-0.1, -0.05) is 35.9 Å². The highest BCUT2D eigenvalue weighted by molar-refractivity contribution is 6.33. The van der Waals surface area contributed by atoms with Crippen LogP contribution in [0, 0.1) is 0 Å². The van der Waals surface area contributed by atoms with E-state index < -0.39 is 5.54 Å². The number of benzene rings is 1. The minimum absolute atomic E-state index is 0.116. The topological polar surface area (TPSA) is 75.1 Å². The second kappa shape index (κ2) is 7.98. The first-order chi connectivity index (χ1) is 15.1. The van der Waals surface area contributed by atoms with Gasteiger partial charge in [0.1, 0.15) is 5.54 Å². The lowest BCUT2D eigenvalue weighted by molar-refractivity contribution is -0.130. The molecule has 8 heteroatoms. The second-order valence-corrected chi connectivity index (χ2v) is 8.66. The molecule has 31 heavy (non-hydrogen) atoms. The van der Waals surface area contributed by atoms with Crippen molar-refractivity contribution in [3.63, 3.8) is 0 Å². The lowest BCUT2D eigenvalue weighted by Crippen LogP contribution is -2.66. The number of amides is 1. The van der Waals surface area contributed by atoms with Gasteiger partial charge in [-0.2, -0.15) is 5.10 Å². The number of carbonyl (C=O) groups is 1. The fraction of sp³-hybridized carbons (Fsp3) is 0.348. The van der Waals surface area contributed by atoms with E-state index in [9.17, 15) is 4.79 Å². The number of aromatic nitrogens is 3. The van der Waals surface area contributed by atoms with Crippen LogP contribution in [0.25, 0.3) is 22.3 Å². The van der Waals surface area contributed by atoms with Gasteiger partial charge in [0.05, 0.1) is 16.9 Å². The maximum Gasteiger partial charge on any atom is 0.240 e. The average Bonchev–Trinajstić information content (AvgIpc) is 3.23. The van der Waals surface area contributed by atoms with E-state index in [2.05, 4.69) is 49.9 Å². The van der Waals surface area contributed by atoms with Crippen molar-refractivity contribution in [3.8, 4) is 22.3 Å². The molecule has 1 amide bonds. The van der Waals surface area contributed by atoms with Crippen molar-refractivity contribution in [2.75, 3.05) is 31.1 Å². The fourth-order valence-corrected chi connectivity index (χ4v) is 4.89. The molecule has 2 saturated heterocycles. The maximum absolute atomic E-state index is 12.5. The number of aryl methyl sites for hydroxylation is 1. The number of piperazine rings is 1. The second-order valence-electron chi connectivity index (χ2n) is 8.25. The molecule has 0 radical (unpaired) electrons. The quantitative estimate of drug-likeness (QED) is 0.660. The van der Waals surface area contributed by atoms with E-state index >= 15 is 0 Å². The molecule has 2 N–H and O–H groups in total. The Labute approximate surface area is 186 Å². The van der Waals surface area contributed by atoms with Gasteiger partial charge >= 0.3 is 0 Å².